The minimum atomic E-state index is -1.66. The lowest BCUT2D eigenvalue weighted by molar-refractivity contribution is -0.179. The van der Waals surface area contributed by atoms with E-state index < -0.39 is 51.9 Å². The number of hydrogen-bond acceptors (Lipinski definition) is 16. The smallest absolute Gasteiger partial charge is 0.355 e. The van der Waals surface area contributed by atoms with Crippen molar-refractivity contribution in [1.29, 1.82) is 0 Å². The number of carbonyl (C=O) groups excluding carboxylic acids is 4. The highest BCUT2D eigenvalue weighted by atomic mass is 32.2. The first-order valence-electron chi connectivity index (χ1n) is 22.4. The highest BCUT2D eigenvalue weighted by molar-refractivity contribution is 8.01. The van der Waals surface area contributed by atoms with Crippen molar-refractivity contribution in [2.75, 3.05) is 23.9 Å². The van der Waals surface area contributed by atoms with Gasteiger partial charge in [-0.3, -0.25) is 19.3 Å². The molecule has 2 aromatic heterocycles. The number of carbonyl (C=O) groups is 4. The monoisotopic (exact) mass is 1010 g/mol. The number of aromatic amines is 1. The summed E-state index contributed by atoms with van der Waals surface area (Å²) in [4.78, 5) is 87.4. The number of nitrogens with zero attached hydrogens (tertiary/aromatic N) is 4. The number of rotatable bonds is 18. The van der Waals surface area contributed by atoms with E-state index in [1.807, 2.05) is 91.0 Å². The van der Waals surface area contributed by atoms with Crippen molar-refractivity contribution in [3.63, 3.8) is 0 Å². The van der Waals surface area contributed by atoms with Crippen molar-refractivity contribution >= 4 is 69.5 Å². The molecule has 2 unspecified atom stereocenters. The van der Waals surface area contributed by atoms with Crippen molar-refractivity contribution in [1.82, 2.24) is 25.2 Å². The largest absolute Gasteiger partial charge is 0.497 e. The molecule has 16 nitrogen and oxygen atoms in total. The number of thiazole rings is 1. The van der Waals surface area contributed by atoms with Crippen LogP contribution >= 0.6 is 34.9 Å². The Morgan fingerprint density at radius 1 is 0.859 bits per heavy atom. The third kappa shape index (κ3) is 11.4. The second-order valence-corrected chi connectivity index (χ2v) is 20.7. The highest BCUT2D eigenvalue weighted by Gasteiger charge is 2.55. The molecule has 19 heteroatoms. The van der Waals surface area contributed by atoms with E-state index in [0.29, 0.717) is 27.2 Å². The summed E-state index contributed by atoms with van der Waals surface area (Å²) >= 11 is 3.76. The summed E-state index contributed by atoms with van der Waals surface area (Å²) in [5.74, 6) is -1.76. The Morgan fingerprint density at radius 3 is 2.06 bits per heavy atom. The average Bonchev–Trinajstić information content (AvgIpc) is 3.83. The number of methoxy groups -OCH3 is 1. The van der Waals surface area contributed by atoms with Crippen molar-refractivity contribution in [3.8, 4) is 5.75 Å². The number of anilines is 1. The van der Waals surface area contributed by atoms with Crippen LogP contribution in [0.3, 0.4) is 0 Å². The summed E-state index contributed by atoms with van der Waals surface area (Å²) in [7, 11) is 1.55. The maximum atomic E-state index is 14.7. The van der Waals surface area contributed by atoms with Crippen LogP contribution in [0, 0.1) is 0 Å². The van der Waals surface area contributed by atoms with Crippen LogP contribution < -0.4 is 20.9 Å². The van der Waals surface area contributed by atoms with Crippen LogP contribution in [0.5, 0.6) is 5.75 Å². The molecule has 2 aliphatic rings. The van der Waals surface area contributed by atoms with Gasteiger partial charge in [0.25, 0.3) is 17.4 Å². The van der Waals surface area contributed by atoms with Gasteiger partial charge < -0.3 is 34.7 Å². The topological polar surface area (TPSA) is 204 Å². The zero-order chi connectivity index (χ0) is 50.3. The number of ether oxygens (including phenoxy) is 3. The van der Waals surface area contributed by atoms with Crippen LogP contribution in [0.15, 0.2) is 159 Å². The van der Waals surface area contributed by atoms with E-state index in [-0.39, 0.29) is 40.8 Å². The molecular formula is C52H51N7O9S3. The van der Waals surface area contributed by atoms with Gasteiger partial charge in [0.1, 0.15) is 46.3 Å². The predicted octanol–water partition coefficient (Wildman–Crippen LogP) is 7.67. The van der Waals surface area contributed by atoms with Crippen molar-refractivity contribution in [2.24, 2.45) is 5.16 Å². The molecule has 0 spiro atoms. The number of benzene rings is 4. The summed E-state index contributed by atoms with van der Waals surface area (Å²) < 4.78 is 16.7. The third-order valence-electron chi connectivity index (χ3n) is 11.2. The lowest BCUT2D eigenvalue weighted by Gasteiger charge is -2.49. The molecule has 2 aliphatic heterocycles. The van der Waals surface area contributed by atoms with Gasteiger partial charge in [0.15, 0.2) is 16.0 Å². The Morgan fingerprint density at radius 2 is 1.48 bits per heavy atom. The van der Waals surface area contributed by atoms with Gasteiger partial charge in [0.05, 0.1) is 7.11 Å². The van der Waals surface area contributed by atoms with Crippen LogP contribution in [-0.2, 0) is 45.6 Å². The SMILES string of the molecule is COc1ccc(COC(=O)C2=C(CSc3nccc(=O)[nH]3)CSC3C(NC(=O)/C(=N\OC(C)(C)C(=O)OC(C)(C)C)c4csc(NC(c5ccccc5)(c5ccccc5)c5ccccc5)n4)C(=O)N23)cc1. The first kappa shape index (κ1) is 50.2. The molecule has 1 saturated heterocycles. The molecule has 366 valence electrons. The summed E-state index contributed by atoms with van der Waals surface area (Å²) in [6.45, 7) is 8.02. The van der Waals surface area contributed by atoms with E-state index in [1.54, 1.807) is 57.5 Å². The number of aromatic nitrogens is 3. The molecule has 1 fully saturated rings. The molecule has 0 saturated carbocycles. The lowest BCUT2D eigenvalue weighted by Crippen LogP contribution is -2.71. The Labute approximate surface area is 422 Å². The standard InChI is InChI=1S/C52H51N7O9S3/c1-50(2,3)67-47(64)51(4,5)68-58-40(38-31-71-49(54-38)57-52(34-16-10-7-11-17-34,35-18-12-8-13-19-35)36-20-14-9-15-21-36)43(61)56-41-44(62)59-42(46(63)66-28-32-22-24-37(65-6)25-23-32)33(29-69-45(41)59)30-70-48-53-27-26-39(60)55-48/h7-27,31,41,45H,28-30H2,1-6H3,(H,54,57)(H,56,61)(H,53,55,60)/b58-40-. The zero-order valence-corrected chi connectivity index (χ0v) is 42.1. The molecule has 4 aromatic carbocycles. The summed E-state index contributed by atoms with van der Waals surface area (Å²) in [5, 5.41) is 12.5. The number of β-lactam (4-membered cyclic amide) rings is 1. The first-order chi connectivity index (χ1) is 34.1. The zero-order valence-electron chi connectivity index (χ0n) is 39.7. The van der Waals surface area contributed by atoms with Crippen molar-refractivity contribution < 1.29 is 38.2 Å². The minimum absolute atomic E-state index is 0.0359. The van der Waals surface area contributed by atoms with E-state index in [9.17, 15) is 24.0 Å². The molecule has 0 bridgehead atoms. The van der Waals surface area contributed by atoms with Gasteiger partial charge in [-0.2, -0.15) is 0 Å². The molecule has 0 radical (unpaired) electrons. The predicted molar refractivity (Wildman–Crippen MR) is 273 cm³/mol. The van der Waals surface area contributed by atoms with E-state index in [0.717, 1.165) is 16.7 Å². The number of oxime groups is 1. The average molecular weight is 1010 g/mol. The molecule has 2 amide bonds. The fourth-order valence-corrected chi connectivity index (χ4v) is 10.8. The van der Waals surface area contributed by atoms with Crippen molar-refractivity contribution in [3.05, 3.63) is 182 Å². The maximum absolute atomic E-state index is 14.7. The first-order valence-corrected chi connectivity index (χ1v) is 25.3. The third-order valence-corrected chi connectivity index (χ3v) is 14.3. The highest BCUT2D eigenvalue weighted by Crippen LogP contribution is 2.43. The van der Waals surface area contributed by atoms with E-state index in [4.69, 9.17) is 24.0 Å². The van der Waals surface area contributed by atoms with E-state index >= 15 is 0 Å². The van der Waals surface area contributed by atoms with Gasteiger partial charge >= 0.3 is 11.9 Å². The van der Waals surface area contributed by atoms with Gasteiger partial charge in [-0.05, 0) is 74.6 Å². The second kappa shape index (κ2) is 21.4. The lowest BCUT2D eigenvalue weighted by atomic mass is 9.77. The van der Waals surface area contributed by atoms with Gasteiger partial charge in [0.2, 0.25) is 5.60 Å². The normalized spacial score (nSPS) is 16.1. The number of nitrogens with one attached hydrogen (secondary N) is 3. The number of thioether (sulfide) groups is 2. The number of H-pyrrole nitrogens is 1. The Kier molecular flexibility index (Phi) is 15.1. The Balaban J connectivity index is 1.10. The van der Waals surface area contributed by atoms with Gasteiger partial charge in [0, 0.05) is 29.1 Å². The van der Waals surface area contributed by atoms with E-state index in [1.165, 1.54) is 65.9 Å². The number of esters is 2. The van der Waals surface area contributed by atoms with Crippen LogP contribution in [0.25, 0.3) is 0 Å². The molecule has 4 heterocycles. The molecule has 71 heavy (non-hydrogen) atoms. The summed E-state index contributed by atoms with van der Waals surface area (Å²) in [6.07, 6.45) is 1.38. The molecule has 8 rings (SSSR count). The molecule has 2 atom stereocenters. The minimum Gasteiger partial charge on any atom is -0.497 e. The molecule has 6 aromatic rings. The van der Waals surface area contributed by atoms with Crippen LogP contribution in [0.4, 0.5) is 5.13 Å². The molecule has 3 N–H and O–H groups in total. The molecular weight excluding hydrogens is 963 g/mol. The van der Waals surface area contributed by atoms with Gasteiger partial charge in [-0.1, -0.05) is 120 Å². The van der Waals surface area contributed by atoms with Crippen LogP contribution in [0.1, 0.15) is 62.6 Å². The van der Waals surface area contributed by atoms with E-state index in [2.05, 4.69) is 25.8 Å². The van der Waals surface area contributed by atoms with Crippen LogP contribution in [-0.4, -0.2) is 90.5 Å². The van der Waals surface area contributed by atoms with Gasteiger partial charge in [-0.25, -0.2) is 19.6 Å². The maximum Gasteiger partial charge on any atom is 0.355 e. The quantitative estimate of drug-likeness (QED) is 0.0144. The Hall–Kier alpha value is -7.22. The number of hydrogen-bond donors (Lipinski definition) is 3. The van der Waals surface area contributed by atoms with Crippen molar-refractivity contribution in [2.45, 2.75) is 74.5 Å². The fraction of sp³-hybridized carbons (Fsp3) is 0.269. The Bertz CT molecular complexity index is 2920. The second-order valence-electron chi connectivity index (χ2n) is 17.8. The fourth-order valence-electron chi connectivity index (χ4n) is 7.70. The number of fused-ring (bicyclic) bond motifs is 1. The van der Waals surface area contributed by atoms with Crippen LogP contribution in [0.2, 0.25) is 0 Å². The summed E-state index contributed by atoms with van der Waals surface area (Å²) in [5.41, 5.74) is 0.0360. The van der Waals surface area contributed by atoms with Gasteiger partial charge in [-0.15, -0.1) is 23.1 Å². The molecule has 0 aliphatic carbocycles. The summed E-state index contributed by atoms with van der Waals surface area (Å²) in [6, 6.07) is 37.0. The number of amides is 2.